The average Bonchev–Trinajstić information content (AvgIpc) is 2.69. The van der Waals surface area contributed by atoms with Gasteiger partial charge in [0, 0.05) is 25.3 Å². The Morgan fingerprint density at radius 2 is 2.00 bits per heavy atom. The molecule has 1 saturated heterocycles. The Balaban J connectivity index is 1.98. The normalized spacial score (nSPS) is 20.8. The Morgan fingerprint density at radius 3 is 2.65 bits per heavy atom. The highest BCUT2D eigenvalue weighted by Gasteiger charge is 2.30. The minimum absolute atomic E-state index is 0.0552. The Morgan fingerprint density at radius 1 is 1.29 bits per heavy atom. The first-order valence-electron chi connectivity index (χ1n) is 5.64. The lowest BCUT2D eigenvalue weighted by Crippen LogP contribution is -2.39. The summed E-state index contributed by atoms with van der Waals surface area (Å²) < 4.78 is 0. The van der Waals surface area contributed by atoms with E-state index in [9.17, 15) is 9.90 Å². The summed E-state index contributed by atoms with van der Waals surface area (Å²) in [4.78, 5) is 14.1. The van der Waals surface area contributed by atoms with Crippen molar-refractivity contribution in [1.82, 2.24) is 4.90 Å². The molecule has 1 atom stereocenters. The number of nitrogens with zero attached hydrogens (tertiary/aromatic N) is 2. The van der Waals surface area contributed by atoms with Gasteiger partial charge in [0.2, 0.25) is 0 Å². The zero-order valence-electron chi connectivity index (χ0n) is 9.49. The van der Waals surface area contributed by atoms with Crippen molar-refractivity contribution in [3.8, 4) is 0 Å². The van der Waals surface area contributed by atoms with Crippen molar-refractivity contribution in [2.75, 3.05) is 24.5 Å². The number of aliphatic carboxylic acids is 1. The summed E-state index contributed by atoms with van der Waals surface area (Å²) in [6, 6.07) is 9.63. The van der Waals surface area contributed by atoms with E-state index in [0.29, 0.717) is 19.6 Å². The summed E-state index contributed by atoms with van der Waals surface area (Å²) in [5, 5.41) is 18.7. The van der Waals surface area contributed by atoms with Crippen LogP contribution >= 0.6 is 0 Å². The maximum Gasteiger partial charge on any atom is 0.304 e. The fourth-order valence-corrected chi connectivity index (χ4v) is 2.01. The topological polar surface area (TPSA) is 64.0 Å². The summed E-state index contributed by atoms with van der Waals surface area (Å²) in [5.74, 6) is -0.838. The molecular weight excluding hydrogens is 220 g/mol. The third-order valence-electron chi connectivity index (χ3n) is 2.93. The first kappa shape index (κ1) is 11.9. The van der Waals surface area contributed by atoms with Crippen LogP contribution in [0, 0.1) is 0 Å². The number of rotatable bonds is 4. The minimum Gasteiger partial charge on any atom is -0.481 e. The lowest BCUT2D eigenvalue weighted by Gasteiger charge is -2.26. The number of benzene rings is 1. The van der Waals surface area contributed by atoms with Crippen molar-refractivity contribution in [2.45, 2.75) is 12.8 Å². The number of aliphatic hydroxyl groups excluding tert-OH is 1. The number of carboxylic acid groups (broad SMARTS) is 1. The maximum atomic E-state index is 10.5. The number of aliphatic hydroxyl groups is 1. The second kappa shape index (κ2) is 5.16. The Labute approximate surface area is 99.9 Å². The Kier molecular flexibility index (Phi) is 3.61. The smallest absolute Gasteiger partial charge is 0.304 e. The first-order valence-corrected chi connectivity index (χ1v) is 5.64. The maximum absolute atomic E-state index is 10.5. The monoisotopic (exact) mass is 236 g/mol. The van der Waals surface area contributed by atoms with Crippen molar-refractivity contribution in [3.05, 3.63) is 30.3 Å². The summed E-state index contributed by atoms with van der Waals surface area (Å²) in [5.41, 5.74) is 0.956. The highest BCUT2D eigenvalue weighted by Crippen LogP contribution is 2.21. The van der Waals surface area contributed by atoms with Gasteiger partial charge < -0.3 is 15.1 Å². The van der Waals surface area contributed by atoms with Crippen molar-refractivity contribution in [2.24, 2.45) is 0 Å². The van der Waals surface area contributed by atoms with Gasteiger partial charge in [0.1, 0.15) is 0 Å². The molecule has 0 spiro atoms. The van der Waals surface area contributed by atoms with Gasteiger partial charge in [0.15, 0.2) is 6.35 Å². The average molecular weight is 236 g/mol. The molecule has 2 rings (SSSR count). The van der Waals surface area contributed by atoms with Gasteiger partial charge in [-0.3, -0.25) is 9.69 Å². The molecule has 5 heteroatoms. The number of para-hydroxylation sites is 1. The van der Waals surface area contributed by atoms with Gasteiger partial charge in [-0.2, -0.15) is 0 Å². The molecule has 1 aliphatic rings. The van der Waals surface area contributed by atoms with Crippen LogP contribution in [0.4, 0.5) is 5.69 Å². The molecule has 0 saturated carbocycles. The van der Waals surface area contributed by atoms with Crippen molar-refractivity contribution in [3.63, 3.8) is 0 Å². The SMILES string of the molecule is O=C(O)CCN1CCN(c2ccccc2)C1O. The van der Waals surface area contributed by atoms with E-state index < -0.39 is 12.3 Å². The highest BCUT2D eigenvalue weighted by molar-refractivity contribution is 5.66. The van der Waals surface area contributed by atoms with Crippen molar-refractivity contribution in [1.29, 1.82) is 0 Å². The van der Waals surface area contributed by atoms with Gasteiger partial charge in [0.05, 0.1) is 6.42 Å². The fourth-order valence-electron chi connectivity index (χ4n) is 2.01. The van der Waals surface area contributed by atoms with Crippen LogP contribution in [0.3, 0.4) is 0 Å². The van der Waals surface area contributed by atoms with Gasteiger partial charge in [0.25, 0.3) is 0 Å². The molecule has 0 radical (unpaired) electrons. The molecular formula is C12H16N2O3. The molecule has 0 amide bonds. The van der Waals surface area contributed by atoms with E-state index in [-0.39, 0.29) is 6.42 Å². The summed E-state index contributed by atoms with van der Waals surface area (Å²) in [7, 11) is 0. The lowest BCUT2D eigenvalue weighted by atomic mass is 10.3. The third kappa shape index (κ3) is 2.75. The largest absolute Gasteiger partial charge is 0.481 e. The van der Waals surface area contributed by atoms with Gasteiger partial charge in [-0.25, -0.2) is 0 Å². The molecule has 0 aromatic heterocycles. The van der Waals surface area contributed by atoms with Crippen LogP contribution in [0.5, 0.6) is 0 Å². The number of hydrogen-bond acceptors (Lipinski definition) is 4. The molecule has 2 N–H and O–H groups in total. The van der Waals surface area contributed by atoms with Gasteiger partial charge in [-0.1, -0.05) is 18.2 Å². The first-order chi connectivity index (χ1) is 8.18. The predicted molar refractivity (Wildman–Crippen MR) is 63.6 cm³/mol. The number of carbonyl (C=O) groups is 1. The van der Waals surface area contributed by atoms with Gasteiger partial charge in [-0.15, -0.1) is 0 Å². The van der Waals surface area contributed by atoms with E-state index in [1.165, 1.54) is 0 Å². The van der Waals surface area contributed by atoms with Crippen LogP contribution < -0.4 is 4.90 Å². The summed E-state index contributed by atoms with van der Waals surface area (Å²) in [6.45, 7) is 1.77. The second-order valence-corrected chi connectivity index (χ2v) is 4.06. The molecule has 0 bridgehead atoms. The van der Waals surface area contributed by atoms with Crippen LogP contribution in [0.1, 0.15) is 6.42 Å². The molecule has 1 fully saturated rings. The number of anilines is 1. The van der Waals surface area contributed by atoms with E-state index in [2.05, 4.69) is 0 Å². The van der Waals surface area contributed by atoms with E-state index in [4.69, 9.17) is 5.11 Å². The van der Waals surface area contributed by atoms with Crippen LogP contribution in [-0.4, -0.2) is 47.1 Å². The molecule has 17 heavy (non-hydrogen) atoms. The standard InChI is InChI=1S/C12H16N2O3/c15-11(16)6-7-13-8-9-14(12(13)17)10-4-2-1-3-5-10/h1-5,12,17H,6-9H2,(H,15,16). The fraction of sp³-hybridized carbons (Fsp3) is 0.417. The molecule has 92 valence electrons. The molecule has 0 aliphatic carbocycles. The van der Waals surface area contributed by atoms with Crippen LogP contribution in [0.15, 0.2) is 30.3 Å². The zero-order valence-corrected chi connectivity index (χ0v) is 9.49. The second-order valence-electron chi connectivity index (χ2n) is 4.06. The molecule has 1 heterocycles. The molecule has 5 nitrogen and oxygen atoms in total. The van der Waals surface area contributed by atoms with E-state index in [1.54, 1.807) is 4.90 Å². The van der Waals surface area contributed by atoms with E-state index in [1.807, 2.05) is 35.2 Å². The Hall–Kier alpha value is -1.59. The minimum atomic E-state index is -0.838. The lowest BCUT2D eigenvalue weighted by molar-refractivity contribution is -0.137. The zero-order chi connectivity index (χ0) is 12.3. The van der Waals surface area contributed by atoms with Gasteiger partial charge >= 0.3 is 5.97 Å². The van der Waals surface area contributed by atoms with Crippen molar-refractivity contribution >= 4 is 11.7 Å². The predicted octanol–water partition coefficient (Wildman–Crippen LogP) is 0.559. The quantitative estimate of drug-likeness (QED) is 0.799. The summed E-state index contributed by atoms with van der Waals surface area (Å²) in [6.07, 6.45) is -0.670. The molecule has 1 aromatic rings. The van der Waals surface area contributed by atoms with Crippen molar-refractivity contribution < 1.29 is 15.0 Å². The van der Waals surface area contributed by atoms with E-state index >= 15 is 0 Å². The van der Waals surface area contributed by atoms with Gasteiger partial charge in [-0.05, 0) is 12.1 Å². The molecule has 1 aromatic carbocycles. The highest BCUT2D eigenvalue weighted by atomic mass is 16.4. The van der Waals surface area contributed by atoms with Crippen LogP contribution in [0.2, 0.25) is 0 Å². The van der Waals surface area contributed by atoms with Crippen LogP contribution in [0.25, 0.3) is 0 Å². The summed E-state index contributed by atoms with van der Waals surface area (Å²) >= 11 is 0. The third-order valence-corrected chi connectivity index (χ3v) is 2.93. The number of hydrogen-bond donors (Lipinski definition) is 2. The van der Waals surface area contributed by atoms with E-state index in [0.717, 1.165) is 5.69 Å². The molecule has 1 unspecified atom stereocenters. The van der Waals surface area contributed by atoms with Crippen LogP contribution in [-0.2, 0) is 4.79 Å². The molecule has 1 aliphatic heterocycles. The number of carboxylic acids is 1. The Bertz CT molecular complexity index is 383.